The Kier molecular flexibility index (Phi) is 4.76. The maximum absolute atomic E-state index is 13.3. The van der Waals surface area contributed by atoms with Crippen LogP contribution in [0.4, 0.5) is 4.39 Å². The second-order valence-corrected chi connectivity index (χ2v) is 5.63. The zero-order valence-corrected chi connectivity index (χ0v) is 12.1. The molecule has 1 saturated carbocycles. The van der Waals surface area contributed by atoms with Crippen LogP contribution in [0.25, 0.3) is 0 Å². The Balaban J connectivity index is 2.02. The van der Waals surface area contributed by atoms with E-state index in [2.05, 4.69) is 26.0 Å². The van der Waals surface area contributed by atoms with Crippen molar-refractivity contribution in [3.63, 3.8) is 0 Å². The van der Waals surface area contributed by atoms with E-state index >= 15 is 0 Å². The second kappa shape index (κ2) is 6.34. The summed E-state index contributed by atoms with van der Waals surface area (Å²) in [5.41, 5.74) is 6.42. The summed E-state index contributed by atoms with van der Waals surface area (Å²) in [6.07, 6.45) is 2.83. The molecule has 1 fully saturated rings. The lowest BCUT2D eigenvalue weighted by atomic mass is 10.2. The van der Waals surface area contributed by atoms with Gasteiger partial charge in [0.05, 0.1) is 0 Å². The number of nitrogens with two attached hydrogens (primary N) is 1. The Bertz CT molecular complexity index is 477. The van der Waals surface area contributed by atoms with Gasteiger partial charge in [-0.3, -0.25) is 4.90 Å². The van der Waals surface area contributed by atoms with Gasteiger partial charge in [-0.15, -0.1) is 0 Å². The van der Waals surface area contributed by atoms with Crippen LogP contribution in [0.15, 0.2) is 27.8 Å². The largest absolute Gasteiger partial charge is 0.409 e. The summed E-state index contributed by atoms with van der Waals surface area (Å²) in [6.45, 7) is 1.38. The van der Waals surface area contributed by atoms with E-state index in [1.807, 2.05) is 0 Å². The normalized spacial score (nSPS) is 16.1. The van der Waals surface area contributed by atoms with E-state index in [1.54, 1.807) is 12.1 Å². The van der Waals surface area contributed by atoms with Crippen LogP contribution in [0.3, 0.4) is 0 Å². The molecule has 104 valence electrons. The lowest BCUT2D eigenvalue weighted by Gasteiger charge is -2.22. The fraction of sp³-hybridized carbons (Fsp3) is 0.462. The van der Waals surface area contributed by atoms with Crippen LogP contribution < -0.4 is 5.73 Å². The van der Waals surface area contributed by atoms with E-state index in [-0.39, 0.29) is 11.7 Å². The molecule has 0 amide bonds. The van der Waals surface area contributed by atoms with E-state index in [9.17, 15) is 4.39 Å². The van der Waals surface area contributed by atoms with Crippen molar-refractivity contribution in [2.45, 2.75) is 31.8 Å². The molecule has 2 rings (SSSR count). The monoisotopic (exact) mass is 329 g/mol. The molecular formula is C13H17BrFN3O. The highest BCUT2D eigenvalue weighted by Gasteiger charge is 2.29. The van der Waals surface area contributed by atoms with Crippen LogP contribution >= 0.6 is 15.9 Å². The van der Waals surface area contributed by atoms with Crippen molar-refractivity contribution in [2.75, 3.05) is 6.54 Å². The predicted octanol–water partition coefficient (Wildman–Crippen LogP) is 2.69. The first-order valence-electron chi connectivity index (χ1n) is 6.24. The third-order valence-electron chi connectivity index (χ3n) is 3.23. The van der Waals surface area contributed by atoms with Gasteiger partial charge in [0.1, 0.15) is 11.7 Å². The minimum atomic E-state index is -0.231. The third kappa shape index (κ3) is 4.18. The minimum absolute atomic E-state index is 0.226. The highest BCUT2D eigenvalue weighted by Crippen LogP contribution is 2.30. The SMILES string of the molecule is NC(CCN(Cc1cc(F)ccc1Br)C1CC1)=NO. The van der Waals surface area contributed by atoms with Crippen molar-refractivity contribution in [3.8, 4) is 0 Å². The Labute approximate surface area is 120 Å². The molecule has 6 heteroatoms. The van der Waals surface area contributed by atoms with Crippen molar-refractivity contribution in [2.24, 2.45) is 10.9 Å². The molecular weight excluding hydrogens is 313 g/mol. The number of hydrogen-bond donors (Lipinski definition) is 2. The molecule has 0 atom stereocenters. The number of rotatable bonds is 6. The highest BCUT2D eigenvalue weighted by atomic mass is 79.9. The van der Waals surface area contributed by atoms with Crippen LogP contribution in [0.1, 0.15) is 24.8 Å². The van der Waals surface area contributed by atoms with Crippen molar-refractivity contribution in [3.05, 3.63) is 34.1 Å². The summed E-state index contributed by atoms with van der Waals surface area (Å²) in [6, 6.07) is 5.23. The number of hydrogen-bond acceptors (Lipinski definition) is 3. The van der Waals surface area contributed by atoms with E-state index < -0.39 is 0 Å². The molecule has 1 aromatic carbocycles. The number of benzene rings is 1. The van der Waals surface area contributed by atoms with Gasteiger partial charge >= 0.3 is 0 Å². The molecule has 0 aliphatic heterocycles. The van der Waals surface area contributed by atoms with Gasteiger partial charge in [-0.1, -0.05) is 21.1 Å². The molecule has 0 spiro atoms. The lowest BCUT2D eigenvalue weighted by Crippen LogP contribution is -2.30. The summed E-state index contributed by atoms with van der Waals surface area (Å²) >= 11 is 3.44. The van der Waals surface area contributed by atoms with E-state index in [4.69, 9.17) is 10.9 Å². The lowest BCUT2D eigenvalue weighted by molar-refractivity contribution is 0.259. The number of oxime groups is 1. The molecule has 0 aromatic heterocycles. The van der Waals surface area contributed by atoms with Crippen LogP contribution in [-0.4, -0.2) is 28.5 Å². The van der Waals surface area contributed by atoms with Crippen LogP contribution in [0, 0.1) is 5.82 Å². The zero-order chi connectivity index (χ0) is 13.8. The van der Waals surface area contributed by atoms with Gasteiger partial charge in [0, 0.05) is 30.0 Å². The standard InChI is InChI=1S/C13H17BrFN3O/c14-12-4-1-10(15)7-9(12)8-18(11-2-3-11)6-5-13(16)17-19/h1,4,7,11,19H,2-3,5-6,8H2,(H2,16,17). The average Bonchev–Trinajstić information content (AvgIpc) is 3.22. The van der Waals surface area contributed by atoms with Gasteiger partial charge in [0.15, 0.2) is 0 Å². The molecule has 0 heterocycles. The smallest absolute Gasteiger partial charge is 0.140 e. The number of halogens is 2. The van der Waals surface area contributed by atoms with Crippen molar-refractivity contribution in [1.29, 1.82) is 0 Å². The Morgan fingerprint density at radius 3 is 2.89 bits per heavy atom. The molecule has 0 saturated heterocycles. The van der Waals surface area contributed by atoms with Crippen LogP contribution in [0.2, 0.25) is 0 Å². The number of nitrogens with zero attached hydrogens (tertiary/aromatic N) is 2. The first-order chi connectivity index (χ1) is 9.10. The molecule has 0 unspecified atom stereocenters. The average molecular weight is 330 g/mol. The third-order valence-corrected chi connectivity index (χ3v) is 4.00. The van der Waals surface area contributed by atoms with Gasteiger partial charge in [-0.2, -0.15) is 0 Å². The van der Waals surface area contributed by atoms with Gasteiger partial charge in [-0.25, -0.2) is 4.39 Å². The fourth-order valence-electron chi connectivity index (χ4n) is 2.02. The first kappa shape index (κ1) is 14.3. The highest BCUT2D eigenvalue weighted by molar-refractivity contribution is 9.10. The van der Waals surface area contributed by atoms with Crippen molar-refractivity contribution in [1.82, 2.24) is 4.90 Å². The fourth-order valence-corrected chi connectivity index (χ4v) is 2.39. The molecule has 1 aliphatic rings. The van der Waals surface area contributed by atoms with Crippen LogP contribution in [-0.2, 0) is 6.54 Å². The Hall–Kier alpha value is -1.14. The summed E-state index contributed by atoms with van der Waals surface area (Å²) < 4.78 is 14.2. The van der Waals surface area contributed by atoms with E-state index in [1.165, 1.54) is 6.07 Å². The van der Waals surface area contributed by atoms with Gasteiger partial charge in [0.25, 0.3) is 0 Å². The maximum atomic E-state index is 13.3. The molecule has 0 radical (unpaired) electrons. The Morgan fingerprint density at radius 1 is 1.53 bits per heavy atom. The zero-order valence-electron chi connectivity index (χ0n) is 10.5. The quantitative estimate of drug-likeness (QED) is 0.365. The van der Waals surface area contributed by atoms with Crippen molar-refractivity contribution >= 4 is 21.8 Å². The topological polar surface area (TPSA) is 61.8 Å². The van der Waals surface area contributed by atoms with Crippen LogP contribution in [0.5, 0.6) is 0 Å². The van der Waals surface area contributed by atoms with Gasteiger partial charge in [-0.05, 0) is 36.6 Å². The molecule has 0 bridgehead atoms. The first-order valence-corrected chi connectivity index (χ1v) is 7.04. The summed E-state index contributed by atoms with van der Waals surface area (Å²) in [5, 5.41) is 11.5. The molecule has 1 aromatic rings. The number of amidine groups is 1. The summed E-state index contributed by atoms with van der Waals surface area (Å²) in [7, 11) is 0. The summed E-state index contributed by atoms with van der Waals surface area (Å²) in [4.78, 5) is 2.25. The summed E-state index contributed by atoms with van der Waals surface area (Å²) in [5.74, 6) is -0.00524. The van der Waals surface area contributed by atoms with E-state index in [0.29, 0.717) is 25.6 Å². The van der Waals surface area contributed by atoms with Crippen molar-refractivity contribution < 1.29 is 9.60 Å². The van der Waals surface area contributed by atoms with Gasteiger partial charge in [0.2, 0.25) is 0 Å². The molecule has 1 aliphatic carbocycles. The molecule has 4 nitrogen and oxygen atoms in total. The van der Waals surface area contributed by atoms with E-state index in [0.717, 1.165) is 22.9 Å². The Morgan fingerprint density at radius 2 is 2.26 bits per heavy atom. The molecule has 19 heavy (non-hydrogen) atoms. The molecule has 3 N–H and O–H groups in total. The predicted molar refractivity (Wildman–Crippen MR) is 75.6 cm³/mol. The maximum Gasteiger partial charge on any atom is 0.140 e. The minimum Gasteiger partial charge on any atom is -0.409 e. The van der Waals surface area contributed by atoms with Gasteiger partial charge < -0.3 is 10.9 Å². The second-order valence-electron chi connectivity index (χ2n) is 4.78.